The highest BCUT2D eigenvalue weighted by atomic mass is 16.2. The van der Waals surface area contributed by atoms with Crippen LogP contribution >= 0.6 is 0 Å². The molecule has 0 aromatic heterocycles. The van der Waals surface area contributed by atoms with Crippen molar-refractivity contribution in [1.29, 1.82) is 0 Å². The Morgan fingerprint density at radius 3 is 3.07 bits per heavy atom. The first-order valence-electron chi connectivity index (χ1n) is 4.71. The molecular formula is C8H16N4O2. The molecule has 0 radical (unpaired) electrons. The van der Waals surface area contributed by atoms with Gasteiger partial charge in [0.25, 0.3) is 0 Å². The summed E-state index contributed by atoms with van der Waals surface area (Å²) in [6, 6.07) is 0. The summed E-state index contributed by atoms with van der Waals surface area (Å²) < 4.78 is 0. The van der Waals surface area contributed by atoms with Gasteiger partial charge in [-0.15, -0.1) is 0 Å². The van der Waals surface area contributed by atoms with Gasteiger partial charge in [-0.2, -0.15) is 0 Å². The van der Waals surface area contributed by atoms with Crippen LogP contribution in [0.4, 0.5) is 0 Å². The molecule has 4 N–H and O–H groups in total. The van der Waals surface area contributed by atoms with E-state index in [1.54, 1.807) is 0 Å². The van der Waals surface area contributed by atoms with Gasteiger partial charge in [-0.1, -0.05) is 0 Å². The monoisotopic (exact) mass is 200 g/mol. The summed E-state index contributed by atoms with van der Waals surface area (Å²) in [7, 11) is 0. The zero-order chi connectivity index (χ0) is 10.4. The van der Waals surface area contributed by atoms with E-state index in [-0.39, 0.29) is 11.8 Å². The van der Waals surface area contributed by atoms with Gasteiger partial charge in [0.2, 0.25) is 11.8 Å². The maximum Gasteiger partial charge on any atom is 0.234 e. The van der Waals surface area contributed by atoms with Gasteiger partial charge in [-0.25, -0.2) is 5.84 Å². The lowest BCUT2D eigenvalue weighted by molar-refractivity contribution is -0.124. The summed E-state index contributed by atoms with van der Waals surface area (Å²) in [4.78, 5) is 23.8. The molecule has 1 saturated heterocycles. The third-order valence-electron chi connectivity index (χ3n) is 2.16. The molecule has 0 atom stereocenters. The topological polar surface area (TPSA) is 87.5 Å². The third-order valence-corrected chi connectivity index (χ3v) is 2.16. The highest BCUT2D eigenvalue weighted by Crippen LogP contribution is 1.97. The van der Waals surface area contributed by atoms with E-state index in [0.29, 0.717) is 19.5 Å². The fourth-order valence-electron chi connectivity index (χ4n) is 1.42. The average molecular weight is 200 g/mol. The first-order chi connectivity index (χ1) is 6.72. The van der Waals surface area contributed by atoms with Crippen LogP contribution in [0.5, 0.6) is 0 Å². The Labute approximate surface area is 82.8 Å². The van der Waals surface area contributed by atoms with Crippen molar-refractivity contribution in [3.05, 3.63) is 0 Å². The van der Waals surface area contributed by atoms with E-state index < -0.39 is 0 Å². The number of rotatable bonds is 4. The van der Waals surface area contributed by atoms with Crippen molar-refractivity contribution < 1.29 is 9.59 Å². The number of nitrogens with two attached hydrogens (primary N) is 1. The van der Waals surface area contributed by atoms with Crippen molar-refractivity contribution in [2.24, 2.45) is 5.84 Å². The molecule has 0 spiro atoms. The first-order valence-corrected chi connectivity index (χ1v) is 4.71. The largest absolute Gasteiger partial charge is 0.354 e. The molecule has 14 heavy (non-hydrogen) atoms. The molecule has 0 bridgehead atoms. The van der Waals surface area contributed by atoms with Crippen molar-refractivity contribution in [2.75, 3.05) is 26.2 Å². The number of carbonyl (C=O) groups excluding carboxylic acids is 2. The Morgan fingerprint density at radius 2 is 2.43 bits per heavy atom. The van der Waals surface area contributed by atoms with E-state index in [9.17, 15) is 9.59 Å². The van der Waals surface area contributed by atoms with Crippen LogP contribution in [0.15, 0.2) is 0 Å². The van der Waals surface area contributed by atoms with Gasteiger partial charge >= 0.3 is 0 Å². The molecule has 1 heterocycles. The van der Waals surface area contributed by atoms with E-state index in [4.69, 9.17) is 5.84 Å². The Hall–Kier alpha value is -1.14. The minimum absolute atomic E-state index is 0.0551. The van der Waals surface area contributed by atoms with Gasteiger partial charge in [0, 0.05) is 19.5 Å². The summed E-state index contributed by atoms with van der Waals surface area (Å²) in [6.07, 6.45) is 1.14. The predicted molar refractivity (Wildman–Crippen MR) is 51.0 cm³/mol. The van der Waals surface area contributed by atoms with Crippen molar-refractivity contribution in [1.82, 2.24) is 15.6 Å². The normalized spacial score (nSPS) is 17.6. The fraction of sp³-hybridized carbons (Fsp3) is 0.750. The standard InChI is InChI=1S/C8H16N4O2/c9-11-7(13)2-1-4-12-5-3-10-8(14)6-12/h1-6,9H2,(H,10,14)(H,11,13). The zero-order valence-corrected chi connectivity index (χ0v) is 8.08. The summed E-state index contributed by atoms with van der Waals surface area (Å²) >= 11 is 0. The number of hydrazine groups is 1. The minimum atomic E-state index is -0.161. The Kier molecular flexibility index (Phi) is 4.34. The number of amides is 2. The van der Waals surface area contributed by atoms with Crippen molar-refractivity contribution >= 4 is 11.8 Å². The highest BCUT2D eigenvalue weighted by Gasteiger charge is 2.15. The molecule has 1 fully saturated rings. The van der Waals surface area contributed by atoms with Gasteiger partial charge < -0.3 is 5.32 Å². The van der Waals surface area contributed by atoms with Crippen LogP contribution in [0.1, 0.15) is 12.8 Å². The Bertz CT molecular complexity index is 219. The highest BCUT2D eigenvalue weighted by molar-refractivity contribution is 5.78. The summed E-state index contributed by atoms with van der Waals surface area (Å²) in [5.41, 5.74) is 2.07. The quantitative estimate of drug-likeness (QED) is 0.283. The Balaban J connectivity index is 2.11. The maximum atomic E-state index is 11.0. The predicted octanol–water partition coefficient (Wildman–Crippen LogP) is -1.81. The smallest absolute Gasteiger partial charge is 0.234 e. The van der Waals surface area contributed by atoms with Gasteiger partial charge in [0.1, 0.15) is 0 Å². The lowest BCUT2D eigenvalue weighted by atomic mass is 10.2. The number of piperazine rings is 1. The molecule has 1 aliphatic heterocycles. The molecule has 6 nitrogen and oxygen atoms in total. The Morgan fingerprint density at radius 1 is 1.64 bits per heavy atom. The second-order valence-electron chi connectivity index (χ2n) is 3.30. The fourth-order valence-corrected chi connectivity index (χ4v) is 1.42. The lowest BCUT2D eigenvalue weighted by Crippen LogP contribution is -2.47. The zero-order valence-electron chi connectivity index (χ0n) is 8.08. The molecule has 0 aromatic rings. The number of carbonyl (C=O) groups is 2. The number of hydrogen-bond donors (Lipinski definition) is 3. The van der Waals surface area contributed by atoms with Crippen LogP contribution in [0.2, 0.25) is 0 Å². The lowest BCUT2D eigenvalue weighted by Gasteiger charge is -2.26. The van der Waals surface area contributed by atoms with Crippen LogP contribution < -0.4 is 16.6 Å². The van der Waals surface area contributed by atoms with Crippen molar-refractivity contribution in [3.8, 4) is 0 Å². The van der Waals surface area contributed by atoms with E-state index in [1.165, 1.54) is 0 Å². The summed E-state index contributed by atoms with van der Waals surface area (Å²) in [6.45, 7) is 2.75. The average Bonchev–Trinajstić information content (AvgIpc) is 2.17. The van der Waals surface area contributed by atoms with Crippen LogP contribution in [-0.4, -0.2) is 42.9 Å². The molecule has 0 unspecified atom stereocenters. The minimum Gasteiger partial charge on any atom is -0.354 e. The van der Waals surface area contributed by atoms with Gasteiger partial charge in [0.15, 0.2) is 0 Å². The molecular weight excluding hydrogens is 184 g/mol. The maximum absolute atomic E-state index is 11.0. The summed E-state index contributed by atoms with van der Waals surface area (Å²) in [5.74, 6) is 4.83. The van der Waals surface area contributed by atoms with Crippen molar-refractivity contribution in [3.63, 3.8) is 0 Å². The van der Waals surface area contributed by atoms with Crippen LogP contribution in [-0.2, 0) is 9.59 Å². The molecule has 2 amide bonds. The van der Waals surface area contributed by atoms with Crippen LogP contribution in [0, 0.1) is 0 Å². The molecule has 1 rings (SSSR count). The summed E-state index contributed by atoms with van der Waals surface area (Å²) in [5, 5.41) is 2.74. The first kappa shape index (κ1) is 10.9. The second kappa shape index (κ2) is 5.56. The molecule has 6 heteroatoms. The second-order valence-corrected chi connectivity index (χ2v) is 3.30. The number of nitrogens with zero attached hydrogens (tertiary/aromatic N) is 1. The van der Waals surface area contributed by atoms with Gasteiger partial charge in [-0.3, -0.25) is 19.9 Å². The number of hydrogen-bond acceptors (Lipinski definition) is 4. The van der Waals surface area contributed by atoms with E-state index in [1.807, 2.05) is 4.90 Å². The van der Waals surface area contributed by atoms with E-state index in [2.05, 4.69) is 10.7 Å². The third kappa shape index (κ3) is 3.71. The SMILES string of the molecule is NNC(=O)CCCN1CCNC(=O)C1. The molecule has 0 aromatic carbocycles. The van der Waals surface area contributed by atoms with Crippen molar-refractivity contribution in [2.45, 2.75) is 12.8 Å². The molecule has 0 aliphatic carbocycles. The molecule has 80 valence electrons. The van der Waals surface area contributed by atoms with Gasteiger partial charge in [0.05, 0.1) is 6.54 Å². The van der Waals surface area contributed by atoms with Crippen LogP contribution in [0.3, 0.4) is 0 Å². The molecule has 1 aliphatic rings. The number of nitrogens with one attached hydrogen (secondary N) is 2. The van der Waals surface area contributed by atoms with E-state index in [0.717, 1.165) is 19.5 Å². The van der Waals surface area contributed by atoms with Crippen LogP contribution in [0.25, 0.3) is 0 Å². The van der Waals surface area contributed by atoms with E-state index >= 15 is 0 Å². The van der Waals surface area contributed by atoms with Gasteiger partial charge in [-0.05, 0) is 13.0 Å². The molecule has 0 saturated carbocycles.